The number of carbonyl (C=O) groups is 1. The highest BCUT2D eigenvalue weighted by Crippen LogP contribution is 2.02. The molecule has 0 aliphatic rings. The molecule has 1 aromatic rings. The molecular formula is C12H19N3O3. The number of nitrogens with one attached hydrogen (secondary N) is 2. The summed E-state index contributed by atoms with van der Waals surface area (Å²) in [7, 11) is 0. The van der Waals surface area contributed by atoms with E-state index in [1.165, 1.54) is 0 Å². The summed E-state index contributed by atoms with van der Waals surface area (Å²) >= 11 is 0. The second-order valence-corrected chi connectivity index (χ2v) is 3.41. The predicted molar refractivity (Wildman–Crippen MR) is 68.3 cm³/mol. The molecule has 1 heterocycles. The molecule has 0 radical (unpaired) electrons. The molecule has 0 atom stereocenters. The fourth-order valence-corrected chi connectivity index (χ4v) is 1.32. The van der Waals surface area contributed by atoms with E-state index in [1.54, 1.807) is 24.5 Å². The molecule has 0 aliphatic heterocycles. The Morgan fingerprint density at radius 3 is 2.44 bits per heavy atom. The first-order valence-corrected chi connectivity index (χ1v) is 5.94. The topological polar surface area (TPSA) is 72.5 Å². The maximum atomic E-state index is 11.6. The van der Waals surface area contributed by atoms with Gasteiger partial charge in [0.1, 0.15) is 0 Å². The quantitative estimate of drug-likeness (QED) is 0.724. The number of amides is 2. The van der Waals surface area contributed by atoms with Crippen LogP contribution in [-0.4, -0.2) is 37.1 Å². The first-order valence-electron chi connectivity index (χ1n) is 5.94. The Hall–Kier alpha value is -1.66. The van der Waals surface area contributed by atoms with Gasteiger partial charge < -0.3 is 20.1 Å². The van der Waals surface area contributed by atoms with Gasteiger partial charge in [0.25, 0.3) is 0 Å². The van der Waals surface area contributed by atoms with Crippen LogP contribution in [0.2, 0.25) is 0 Å². The van der Waals surface area contributed by atoms with Gasteiger partial charge in [-0.1, -0.05) is 0 Å². The fourth-order valence-electron chi connectivity index (χ4n) is 1.32. The Morgan fingerprint density at radius 2 is 1.89 bits per heavy atom. The zero-order valence-electron chi connectivity index (χ0n) is 10.7. The summed E-state index contributed by atoms with van der Waals surface area (Å²) in [6.45, 7) is 5.14. The summed E-state index contributed by atoms with van der Waals surface area (Å²) in [6.07, 6.45) is 2.81. The number of pyridine rings is 1. The Morgan fingerprint density at radius 1 is 1.28 bits per heavy atom. The number of aromatic nitrogens is 1. The van der Waals surface area contributed by atoms with Crippen molar-refractivity contribution in [2.75, 3.05) is 25.1 Å². The van der Waals surface area contributed by atoms with Crippen molar-refractivity contribution < 1.29 is 14.3 Å². The van der Waals surface area contributed by atoms with Gasteiger partial charge in [0.2, 0.25) is 0 Å². The third kappa shape index (κ3) is 5.60. The van der Waals surface area contributed by atoms with E-state index >= 15 is 0 Å². The largest absolute Gasteiger partial charge is 0.351 e. The summed E-state index contributed by atoms with van der Waals surface area (Å²) in [5, 5.41) is 5.36. The molecule has 0 saturated carbocycles. The Balaban J connectivity index is 2.31. The molecule has 0 aromatic carbocycles. The van der Waals surface area contributed by atoms with Crippen molar-refractivity contribution in [1.29, 1.82) is 0 Å². The van der Waals surface area contributed by atoms with Gasteiger partial charge in [0, 0.05) is 31.3 Å². The fraction of sp³-hybridized carbons (Fsp3) is 0.500. The van der Waals surface area contributed by atoms with Gasteiger partial charge in [0.05, 0.1) is 6.54 Å². The van der Waals surface area contributed by atoms with Crippen LogP contribution in [0.15, 0.2) is 24.5 Å². The summed E-state index contributed by atoms with van der Waals surface area (Å²) in [6, 6.07) is 3.12. The van der Waals surface area contributed by atoms with E-state index in [4.69, 9.17) is 9.47 Å². The highest BCUT2D eigenvalue weighted by Gasteiger charge is 2.09. The Labute approximate surface area is 107 Å². The number of hydrogen-bond donors (Lipinski definition) is 2. The average molecular weight is 253 g/mol. The van der Waals surface area contributed by atoms with Crippen LogP contribution < -0.4 is 10.6 Å². The molecule has 0 saturated heterocycles. The van der Waals surface area contributed by atoms with Crippen molar-refractivity contribution in [2.24, 2.45) is 0 Å². The molecule has 18 heavy (non-hydrogen) atoms. The van der Waals surface area contributed by atoms with Crippen molar-refractivity contribution in [3.63, 3.8) is 0 Å². The number of ether oxygens (including phenoxy) is 2. The summed E-state index contributed by atoms with van der Waals surface area (Å²) in [5.74, 6) is 0. The van der Waals surface area contributed by atoms with Crippen molar-refractivity contribution in [1.82, 2.24) is 10.3 Å². The van der Waals surface area contributed by atoms with Crippen LogP contribution in [0.25, 0.3) is 0 Å². The summed E-state index contributed by atoms with van der Waals surface area (Å²) in [5.41, 5.74) is 0.687. The molecule has 6 heteroatoms. The van der Waals surface area contributed by atoms with Gasteiger partial charge in [-0.25, -0.2) is 4.79 Å². The minimum Gasteiger partial charge on any atom is -0.351 e. The van der Waals surface area contributed by atoms with Gasteiger partial charge in [-0.2, -0.15) is 0 Å². The van der Waals surface area contributed by atoms with Crippen LogP contribution in [0.4, 0.5) is 10.5 Å². The van der Waals surface area contributed by atoms with Crippen LogP contribution >= 0.6 is 0 Å². The molecule has 0 unspecified atom stereocenters. The minimum absolute atomic E-state index is 0.300. The lowest BCUT2D eigenvalue weighted by atomic mass is 10.4. The lowest BCUT2D eigenvalue weighted by Gasteiger charge is -2.17. The molecule has 2 amide bonds. The summed E-state index contributed by atoms with van der Waals surface area (Å²) < 4.78 is 10.6. The molecule has 0 spiro atoms. The summed E-state index contributed by atoms with van der Waals surface area (Å²) in [4.78, 5) is 15.4. The van der Waals surface area contributed by atoms with Gasteiger partial charge in [-0.15, -0.1) is 0 Å². The molecule has 1 rings (SSSR count). The zero-order valence-corrected chi connectivity index (χ0v) is 10.7. The lowest BCUT2D eigenvalue weighted by molar-refractivity contribution is -0.131. The van der Waals surface area contributed by atoms with Gasteiger partial charge in [-0.05, 0) is 26.0 Å². The number of urea groups is 1. The van der Waals surface area contributed by atoms with Crippen molar-refractivity contribution in [2.45, 2.75) is 20.1 Å². The van der Waals surface area contributed by atoms with E-state index in [1.807, 2.05) is 13.8 Å². The van der Waals surface area contributed by atoms with Crippen molar-refractivity contribution >= 4 is 11.7 Å². The van der Waals surface area contributed by atoms with E-state index in [9.17, 15) is 4.79 Å². The number of rotatable bonds is 7. The van der Waals surface area contributed by atoms with E-state index in [0.717, 1.165) is 0 Å². The highest BCUT2D eigenvalue weighted by atomic mass is 16.7. The molecule has 0 aliphatic carbocycles. The molecule has 100 valence electrons. The molecule has 0 fully saturated rings. The third-order valence-corrected chi connectivity index (χ3v) is 2.07. The first kappa shape index (κ1) is 14.4. The normalized spacial score (nSPS) is 10.4. The van der Waals surface area contributed by atoms with Crippen LogP contribution in [-0.2, 0) is 9.47 Å². The SMILES string of the molecule is CCOC(CNC(=O)Nc1ccncc1)OCC. The van der Waals surface area contributed by atoms with Crippen LogP contribution in [0.5, 0.6) is 0 Å². The molecular weight excluding hydrogens is 234 g/mol. The van der Waals surface area contributed by atoms with Crippen molar-refractivity contribution in [3.8, 4) is 0 Å². The van der Waals surface area contributed by atoms with E-state index < -0.39 is 6.29 Å². The average Bonchev–Trinajstić information content (AvgIpc) is 2.38. The van der Waals surface area contributed by atoms with Crippen LogP contribution in [0, 0.1) is 0 Å². The van der Waals surface area contributed by atoms with E-state index in [-0.39, 0.29) is 6.03 Å². The Kier molecular flexibility index (Phi) is 6.75. The number of nitrogens with zero attached hydrogens (tertiary/aromatic N) is 1. The van der Waals surface area contributed by atoms with Crippen molar-refractivity contribution in [3.05, 3.63) is 24.5 Å². The number of anilines is 1. The zero-order chi connectivity index (χ0) is 13.2. The predicted octanol–water partition coefficient (Wildman–Crippen LogP) is 1.60. The maximum absolute atomic E-state index is 11.6. The molecule has 6 nitrogen and oxygen atoms in total. The lowest BCUT2D eigenvalue weighted by Crippen LogP contribution is -2.37. The second-order valence-electron chi connectivity index (χ2n) is 3.41. The van der Waals surface area contributed by atoms with Crippen LogP contribution in [0.1, 0.15) is 13.8 Å². The smallest absolute Gasteiger partial charge is 0.319 e. The third-order valence-electron chi connectivity index (χ3n) is 2.07. The monoisotopic (exact) mass is 253 g/mol. The molecule has 1 aromatic heterocycles. The highest BCUT2D eigenvalue weighted by molar-refractivity contribution is 5.89. The van der Waals surface area contributed by atoms with E-state index in [0.29, 0.717) is 25.4 Å². The van der Waals surface area contributed by atoms with Gasteiger partial charge in [-0.3, -0.25) is 4.98 Å². The molecule has 2 N–H and O–H groups in total. The van der Waals surface area contributed by atoms with Gasteiger partial charge in [0.15, 0.2) is 6.29 Å². The minimum atomic E-state index is -0.414. The van der Waals surface area contributed by atoms with E-state index in [2.05, 4.69) is 15.6 Å². The number of hydrogen-bond acceptors (Lipinski definition) is 4. The number of carbonyl (C=O) groups excluding carboxylic acids is 1. The maximum Gasteiger partial charge on any atom is 0.319 e. The standard InChI is InChI=1S/C12H19N3O3/c1-3-17-11(18-4-2)9-14-12(16)15-10-5-7-13-8-6-10/h5-8,11H,3-4,9H2,1-2H3,(H2,13,14,15,16). The molecule has 0 bridgehead atoms. The first-order chi connectivity index (χ1) is 8.76. The Bertz CT molecular complexity index is 340. The van der Waals surface area contributed by atoms with Crippen LogP contribution in [0.3, 0.4) is 0 Å². The second kappa shape index (κ2) is 8.43. The van der Waals surface area contributed by atoms with Gasteiger partial charge >= 0.3 is 6.03 Å².